The summed E-state index contributed by atoms with van der Waals surface area (Å²) in [4.78, 5) is 22.1. The van der Waals surface area contributed by atoms with E-state index < -0.39 is 32.9 Å². The number of hydrogen-bond acceptors (Lipinski definition) is 6. The molecule has 0 aliphatic carbocycles. The van der Waals surface area contributed by atoms with Gasteiger partial charge in [-0.15, -0.1) is 0 Å². The summed E-state index contributed by atoms with van der Waals surface area (Å²) in [7, 11) is -3.85. The van der Waals surface area contributed by atoms with Gasteiger partial charge in [0.15, 0.2) is 15.5 Å². The zero-order chi connectivity index (χ0) is 28.4. The average Bonchev–Trinajstić information content (AvgIpc) is 3.33. The second kappa shape index (κ2) is 11.5. The van der Waals surface area contributed by atoms with Crippen LogP contribution in [0.25, 0.3) is 5.69 Å². The Labute approximate surface area is 240 Å². The molecule has 1 aliphatic rings. The van der Waals surface area contributed by atoms with Crippen molar-refractivity contribution in [2.75, 3.05) is 5.75 Å². The van der Waals surface area contributed by atoms with Gasteiger partial charge in [0.1, 0.15) is 11.1 Å². The van der Waals surface area contributed by atoms with Gasteiger partial charge >= 0.3 is 0 Å². The standard InChI is InChI=1S/C28H24Cl2FN5O3S/c1-17(23-4-2-3-12-33-23)34-28(37)26-21-15-32-16-25(40(38,39)13-11-18-5-8-20(31)9-6-18)27(21)36(35-26)24-10-7-19(29)14-22(24)30/h2-10,12,14,16-17,25H,11,13,15H2,1H3,(H,34,37)/t17-,25?/m1/s1. The molecule has 2 aromatic heterocycles. The van der Waals surface area contributed by atoms with Gasteiger partial charge in [-0.3, -0.25) is 14.8 Å². The summed E-state index contributed by atoms with van der Waals surface area (Å²) in [5.41, 5.74) is 2.41. The molecule has 0 bridgehead atoms. The minimum absolute atomic E-state index is 0.0411. The Bertz CT molecular complexity index is 1690. The van der Waals surface area contributed by atoms with E-state index in [0.29, 0.717) is 27.5 Å². The van der Waals surface area contributed by atoms with Crippen molar-refractivity contribution in [2.45, 2.75) is 31.2 Å². The smallest absolute Gasteiger partial charge is 0.272 e. The van der Waals surface area contributed by atoms with Gasteiger partial charge in [0.2, 0.25) is 0 Å². The van der Waals surface area contributed by atoms with Gasteiger partial charge < -0.3 is 5.32 Å². The fourth-order valence-electron chi connectivity index (χ4n) is 4.51. The fraction of sp³-hybridized carbons (Fsp3) is 0.214. The molecule has 0 spiro atoms. The lowest BCUT2D eigenvalue weighted by Crippen LogP contribution is -2.29. The molecule has 206 valence electrons. The number of aromatic nitrogens is 3. The molecular weight excluding hydrogens is 576 g/mol. The van der Waals surface area contributed by atoms with Crippen molar-refractivity contribution in [2.24, 2.45) is 4.99 Å². The van der Waals surface area contributed by atoms with Gasteiger partial charge in [-0.1, -0.05) is 41.4 Å². The van der Waals surface area contributed by atoms with Crippen molar-refractivity contribution in [1.29, 1.82) is 0 Å². The average molecular weight is 601 g/mol. The van der Waals surface area contributed by atoms with Crippen LogP contribution in [0.3, 0.4) is 0 Å². The summed E-state index contributed by atoms with van der Waals surface area (Å²) in [6.45, 7) is 1.85. The van der Waals surface area contributed by atoms with Crippen LogP contribution in [-0.4, -0.2) is 41.1 Å². The van der Waals surface area contributed by atoms with Gasteiger partial charge in [-0.05, 0) is 61.4 Å². The lowest BCUT2D eigenvalue weighted by Gasteiger charge is -2.21. The van der Waals surface area contributed by atoms with E-state index in [9.17, 15) is 17.6 Å². The van der Waals surface area contributed by atoms with E-state index >= 15 is 0 Å². The first-order valence-electron chi connectivity index (χ1n) is 12.4. The monoisotopic (exact) mass is 599 g/mol. The van der Waals surface area contributed by atoms with Crippen molar-refractivity contribution >= 4 is 45.2 Å². The van der Waals surface area contributed by atoms with Crippen molar-refractivity contribution < 1.29 is 17.6 Å². The zero-order valence-corrected chi connectivity index (χ0v) is 23.6. The molecule has 0 saturated carbocycles. The predicted octanol–water partition coefficient (Wildman–Crippen LogP) is 5.49. The Morgan fingerprint density at radius 2 is 1.93 bits per heavy atom. The number of nitrogens with zero attached hydrogens (tertiary/aromatic N) is 4. The SMILES string of the molecule is C[C@@H](NC(=O)c1nn(-c2ccc(Cl)cc2Cl)c2c1CN=CC2S(=O)(=O)CCc1ccc(F)cc1)c1ccccn1. The number of carbonyl (C=O) groups excluding carboxylic acids is 1. The normalized spacial score (nSPS) is 15.4. The molecule has 0 saturated heterocycles. The van der Waals surface area contributed by atoms with Gasteiger partial charge in [0, 0.05) is 23.0 Å². The van der Waals surface area contributed by atoms with Crippen LogP contribution in [0.1, 0.15) is 51.2 Å². The first kappa shape index (κ1) is 27.9. The molecule has 0 fully saturated rings. The highest BCUT2D eigenvalue weighted by Crippen LogP contribution is 2.36. The van der Waals surface area contributed by atoms with Crippen molar-refractivity contribution in [3.05, 3.63) is 111 Å². The molecule has 3 heterocycles. The third-order valence-electron chi connectivity index (χ3n) is 6.59. The Morgan fingerprint density at radius 3 is 2.62 bits per heavy atom. The fourth-order valence-corrected chi connectivity index (χ4v) is 6.63. The topological polar surface area (TPSA) is 106 Å². The van der Waals surface area contributed by atoms with Gasteiger partial charge in [-0.2, -0.15) is 5.10 Å². The minimum Gasteiger partial charge on any atom is -0.343 e. The number of hydrogen-bond donors (Lipinski definition) is 1. The van der Waals surface area contributed by atoms with Gasteiger partial charge in [0.05, 0.1) is 40.4 Å². The van der Waals surface area contributed by atoms with Crippen molar-refractivity contribution in [3.8, 4) is 5.69 Å². The van der Waals surface area contributed by atoms with Gasteiger partial charge in [-0.25, -0.2) is 17.5 Å². The molecule has 1 aliphatic heterocycles. The number of sulfone groups is 1. The number of aryl methyl sites for hydroxylation is 1. The number of halogens is 3. The Morgan fingerprint density at radius 1 is 1.15 bits per heavy atom. The maximum absolute atomic E-state index is 13.7. The van der Waals surface area contributed by atoms with Gasteiger partial charge in [0.25, 0.3) is 5.91 Å². The maximum Gasteiger partial charge on any atom is 0.272 e. The number of aliphatic imine (C=N–C) groups is 1. The molecule has 2 aromatic carbocycles. The van der Waals surface area contributed by atoms with E-state index in [0.717, 1.165) is 0 Å². The summed E-state index contributed by atoms with van der Waals surface area (Å²) in [6.07, 6.45) is 3.17. The van der Waals surface area contributed by atoms with Crippen molar-refractivity contribution in [3.63, 3.8) is 0 Å². The van der Waals surface area contributed by atoms with Crippen LogP contribution in [0.4, 0.5) is 4.39 Å². The van der Waals surface area contributed by atoms with Crippen LogP contribution < -0.4 is 5.32 Å². The Balaban J connectivity index is 1.55. The van der Waals surface area contributed by atoms with Crippen molar-refractivity contribution in [1.82, 2.24) is 20.1 Å². The van der Waals surface area contributed by atoms with Crippen LogP contribution >= 0.6 is 23.2 Å². The molecule has 0 radical (unpaired) electrons. The van der Waals surface area contributed by atoms with E-state index in [2.05, 4.69) is 20.4 Å². The molecule has 5 rings (SSSR count). The van der Waals surface area contributed by atoms with E-state index in [1.54, 1.807) is 49.5 Å². The van der Waals surface area contributed by atoms with E-state index in [1.165, 1.54) is 29.1 Å². The van der Waals surface area contributed by atoms with E-state index in [-0.39, 0.29) is 35.1 Å². The largest absolute Gasteiger partial charge is 0.343 e. The number of carbonyl (C=O) groups is 1. The lowest BCUT2D eigenvalue weighted by molar-refractivity contribution is 0.0932. The lowest BCUT2D eigenvalue weighted by atomic mass is 10.1. The third-order valence-corrected chi connectivity index (χ3v) is 9.02. The van der Waals surface area contributed by atoms with Crippen LogP contribution in [-0.2, 0) is 22.8 Å². The molecular formula is C28H24Cl2FN5O3S. The van der Waals surface area contributed by atoms with E-state index in [4.69, 9.17) is 23.2 Å². The van der Waals surface area contributed by atoms with Crippen LogP contribution in [0.2, 0.25) is 10.0 Å². The molecule has 2 atom stereocenters. The number of benzene rings is 2. The summed E-state index contributed by atoms with van der Waals surface area (Å²) in [6, 6.07) is 15.4. The van der Waals surface area contributed by atoms with Crippen LogP contribution in [0, 0.1) is 5.82 Å². The van der Waals surface area contributed by atoms with Crippen LogP contribution in [0.5, 0.6) is 0 Å². The number of pyridine rings is 1. The van der Waals surface area contributed by atoms with E-state index in [1.807, 2.05) is 6.07 Å². The highest BCUT2D eigenvalue weighted by Gasteiger charge is 2.37. The summed E-state index contributed by atoms with van der Waals surface area (Å²) in [5.74, 6) is -1.13. The summed E-state index contributed by atoms with van der Waals surface area (Å²) < 4.78 is 42.1. The quantitative estimate of drug-likeness (QED) is 0.288. The predicted molar refractivity (Wildman–Crippen MR) is 153 cm³/mol. The molecule has 1 amide bonds. The molecule has 1 N–H and O–H groups in total. The number of nitrogens with one attached hydrogen (secondary N) is 1. The molecule has 40 heavy (non-hydrogen) atoms. The Hall–Kier alpha value is -3.60. The third kappa shape index (κ3) is 5.79. The molecule has 4 aromatic rings. The highest BCUT2D eigenvalue weighted by atomic mass is 35.5. The number of rotatable bonds is 8. The summed E-state index contributed by atoms with van der Waals surface area (Å²) >= 11 is 12.6. The van der Waals surface area contributed by atoms with Crippen LogP contribution in [0.15, 0.2) is 71.9 Å². The first-order valence-corrected chi connectivity index (χ1v) is 14.9. The zero-order valence-electron chi connectivity index (χ0n) is 21.3. The molecule has 12 heteroatoms. The Kier molecular flexibility index (Phi) is 8.02. The summed E-state index contributed by atoms with van der Waals surface area (Å²) in [5, 5.41) is 6.89. The molecule has 8 nitrogen and oxygen atoms in total. The first-order chi connectivity index (χ1) is 19.1. The second-order valence-electron chi connectivity index (χ2n) is 9.32. The maximum atomic E-state index is 13.7. The highest BCUT2D eigenvalue weighted by molar-refractivity contribution is 7.92. The number of amides is 1. The second-order valence-corrected chi connectivity index (χ2v) is 12.4. The molecule has 1 unspecified atom stereocenters. The number of fused-ring (bicyclic) bond motifs is 1. The minimum atomic E-state index is -3.85.